The Labute approximate surface area is 151 Å². The van der Waals surface area contributed by atoms with E-state index >= 15 is 0 Å². The molecule has 0 unspecified atom stereocenters. The summed E-state index contributed by atoms with van der Waals surface area (Å²) in [6.07, 6.45) is 4.98. The Morgan fingerprint density at radius 3 is 3.00 bits per heavy atom. The van der Waals surface area contributed by atoms with Crippen LogP contribution in [0.4, 0.5) is 4.39 Å². The summed E-state index contributed by atoms with van der Waals surface area (Å²) < 4.78 is 13.0. The van der Waals surface area contributed by atoms with Crippen molar-refractivity contribution >= 4 is 18.5 Å². The van der Waals surface area contributed by atoms with E-state index in [1.807, 2.05) is 19.2 Å². The zero-order valence-electron chi connectivity index (χ0n) is 14.8. The lowest BCUT2D eigenvalue weighted by Gasteiger charge is -2.32. The molecule has 7 heteroatoms. The van der Waals surface area contributed by atoms with E-state index in [0.29, 0.717) is 31.0 Å². The summed E-state index contributed by atoms with van der Waals surface area (Å²) in [5.74, 6) is -0.0184. The second kappa shape index (κ2) is 8.03. The van der Waals surface area contributed by atoms with Gasteiger partial charge in [-0.3, -0.25) is 9.79 Å². The van der Waals surface area contributed by atoms with E-state index < -0.39 is 5.95 Å². The number of carbonyl (C=O) groups excluding carboxylic acids is 1. The normalized spacial score (nSPS) is 18.0. The van der Waals surface area contributed by atoms with Crippen molar-refractivity contribution < 1.29 is 9.18 Å². The summed E-state index contributed by atoms with van der Waals surface area (Å²) in [6.45, 7) is 7.36. The predicted octanol–water partition coefficient (Wildman–Crippen LogP) is 3.01. The molecule has 136 valence electrons. The number of pyridine rings is 1. The number of nitrogens with zero attached hydrogens (tertiary/aromatic N) is 4. The van der Waals surface area contributed by atoms with Crippen LogP contribution in [0.3, 0.4) is 0 Å². The smallest absolute Gasteiger partial charge is 0.255 e. The Bertz CT molecular complexity index is 812. The van der Waals surface area contributed by atoms with Gasteiger partial charge < -0.3 is 9.88 Å². The third-order valence-corrected chi connectivity index (χ3v) is 4.51. The van der Waals surface area contributed by atoms with Crippen LogP contribution in [0, 0.1) is 18.8 Å². The molecule has 1 aliphatic heterocycles. The number of hydrogen-bond donors (Lipinski definition) is 1. The van der Waals surface area contributed by atoms with Gasteiger partial charge in [0.15, 0.2) is 0 Å². The van der Waals surface area contributed by atoms with Gasteiger partial charge in [-0.2, -0.15) is 4.39 Å². The molecular weight excluding hydrogens is 333 g/mol. The van der Waals surface area contributed by atoms with Crippen LogP contribution >= 0.6 is 0 Å². The molecule has 1 aliphatic rings. The second-order valence-electron chi connectivity index (χ2n) is 6.49. The van der Waals surface area contributed by atoms with Gasteiger partial charge in [-0.15, -0.1) is 0 Å². The number of H-pyrrole nitrogens is 1. The monoisotopic (exact) mass is 355 g/mol. The number of aromatic amines is 1. The first-order valence-electron chi connectivity index (χ1n) is 8.62. The van der Waals surface area contributed by atoms with E-state index in [0.717, 1.165) is 24.1 Å². The summed E-state index contributed by atoms with van der Waals surface area (Å²) in [5.41, 5.74) is 2.56. The van der Waals surface area contributed by atoms with Crippen molar-refractivity contribution in [2.45, 2.75) is 26.3 Å². The molecule has 0 bridgehead atoms. The van der Waals surface area contributed by atoms with Gasteiger partial charge in [0.05, 0.1) is 12.1 Å². The van der Waals surface area contributed by atoms with Gasteiger partial charge in [-0.1, -0.05) is 0 Å². The van der Waals surface area contributed by atoms with Crippen molar-refractivity contribution in [3.05, 3.63) is 53.4 Å². The number of amidine groups is 1. The average Bonchev–Trinajstić information content (AvgIpc) is 3.08. The minimum absolute atomic E-state index is 0.0506. The number of halogens is 1. The number of carbonyl (C=O) groups is 1. The van der Waals surface area contributed by atoms with Crippen LogP contribution < -0.4 is 0 Å². The second-order valence-corrected chi connectivity index (χ2v) is 6.49. The number of hydrogen-bond acceptors (Lipinski definition) is 3. The van der Waals surface area contributed by atoms with Crippen LogP contribution in [-0.4, -0.2) is 46.4 Å². The van der Waals surface area contributed by atoms with Crippen molar-refractivity contribution in [3.8, 4) is 0 Å². The average molecular weight is 355 g/mol. The van der Waals surface area contributed by atoms with E-state index in [2.05, 4.69) is 26.7 Å². The SMILES string of the molecule is C=NC(=NCc1cc(C)c[nH]1)[C@H]1CCCN(C(=O)c2ccc(F)nc2)C1. The summed E-state index contributed by atoms with van der Waals surface area (Å²) in [7, 11) is 0. The summed E-state index contributed by atoms with van der Waals surface area (Å²) >= 11 is 0. The van der Waals surface area contributed by atoms with Crippen LogP contribution in [0.15, 0.2) is 40.6 Å². The highest BCUT2D eigenvalue weighted by Crippen LogP contribution is 2.21. The zero-order valence-corrected chi connectivity index (χ0v) is 14.8. The zero-order chi connectivity index (χ0) is 18.5. The Morgan fingerprint density at radius 2 is 2.35 bits per heavy atom. The molecule has 0 spiro atoms. The van der Waals surface area contributed by atoms with E-state index in [-0.39, 0.29) is 11.8 Å². The highest BCUT2D eigenvalue weighted by Gasteiger charge is 2.27. The molecular formula is C19H22FN5O. The number of rotatable bonds is 4. The maximum absolute atomic E-state index is 13.0. The fourth-order valence-corrected chi connectivity index (χ4v) is 3.19. The first-order valence-corrected chi connectivity index (χ1v) is 8.62. The number of amides is 1. The van der Waals surface area contributed by atoms with Gasteiger partial charge in [-0.05, 0) is 50.2 Å². The van der Waals surface area contributed by atoms with E-state index in [1.165, 1.54) is 18.3 Å². The lowest BCUT2D eigenvalue weighted by molar-refractivity contribution is 0.0702. The van der Waals surface area contributed by atoms with E-state index in [1.54, 1.807) is 4.90 Å². The summed E-state index contributed by atoms with van der Waals surface area (Å²) in [5, 5.41) is 0. The van der Waals surface area contributed by atoms with Crippen LogP contribution in [0.1, 0.15) is 34.5 Å². The molecule has 0 aliphatic carbocycles. The molecule has 1 N–H and O–H groups in total. The van der Waals surface area contributed by atoms with E-state index in [4.69, 9.17) is 0 Å². The van der Waals surface area contributed by atoms with Crippen LogP contribution in [0.25, 0.3) is 0 Å². The quantitative estimate of drug-likeness (QED) is 0.520. The molecule has 1 amide bonds. The van der Waals surface area contributed by atoms with Gasteiger partial charge in [0.1, 0.15) is 5.84 Å². The Morgan fingerprint density at radius 1 is 1.50 bits per heavy atom. The molecule has 2 aromatic heterocycles. The fraction of sp³-hybridized carbons (Fsp3) is 0.368. The Hall–Kier alpha value is -2.83. The van der Waals surface area contributed by atoms with Crippen LogP contribution in [0.2, 0.25) is 0 Å². The molecule has 1 fully saturated rings. The van der Waals surface area contributed by atoms with Crippen molar-refractivity contribution in [3.63, 3.8) is 0 Å². The first kappa shape index (κ1) is 18.0. The van der Waals surface area contributed by atoms with Crippen LogP contribution in [0.5, 0.6) is 0 Å². The maximum Gasteiger partial charge on any atom is 0.255 e. The molecule has 0 radical (unpaired) electrons. The maximum atomic E-state index is 13.0. The third-order valence-electron chi connectivity index (χ3n) is 4.51. The minimum atomic E-state index is -0.595. The fourth-order valence-electron chi connectivity index (χ4n) is 3.19. The number of piperidine rings is 1. The van der Waals surface area contributed by atoms with Gasteiger partial charge in [0.25, 0.3) is 5.91 Å². The minimum Gasteiger partial charge on any atom is -0.363 e. The molecule has 3 heterocycles. The van der Waals surface area contributed by atoms with Gasteiger partial charge in [-0.25, -0.2) is 9.98 Å². The largest absolute Gasteiger partial charge is 0.363 e. The van der Waals surface area contributed by atoms with Crippen molar-refractivity contribution in [2.24, 2.45) is 15.9 Å². The summed E-state index contributed by atoms with van der Waals surface area (Å²) in [4.78, 5) is 29.8. The number of aromatic nitrogens is 2. The Balaban J connectivity index is 1.68. The van der Waals surface area contributed by atoms with Crippen molar-refractivity contribution in [1.82, 2.24) is 14.9 Å². The van der Waals surface area contributed by atoms with Crippen molar-refractivity contribution in [2.75, 3.05) is 13.1 Å². The molecule has 6 nitrogen and oxygen atoms in total. The number of aryl methyl sites for hydroxylation is 1. The predicted molar refractivity (Wildman–Crippen MR) is 99.0 cm³/mol. The third kappa shape index (κ3) is 4.22. The topological polar surface area (TPSA) is 73.7 Å². The first-order chi connectivity index (χ1) is 12.6. The molecule has 1 atom stereocenters. The molecule has 3 rings (SSSR count). The molecule has 2 aromatic rings. The van der Waals surface area contributed by atoms with E-state index in [9.17, 15) is 9.18 Å². The number of likely N-dealkylation sites (tertiary alicyclic amines) is 1. The molecule has 1 saturated heterocycles. The lowest BCUT2D eigenvalue weighted by atomic mass is 9.96. The highest BCUT2D eigenvalue weighted by molar-refractivity contribution is 5.95. The molecule has 26 heavy (non-hydrogen) atoms. The molecule has 0 aromatic carbocycles. The lowest BCUT2D eigenvalue weighted by Crippen LogP contribution is -2.42. The summed E-state index contributed by atoms with van der Waals surface area (Å²) in [6, 6.07) is 4.70. The van der Waals surface area contributed by atoms with Crippen molar-refractivity contribution in [1.29, 1.82) is 0 Å². The number of aliphatic imine (C=N–C) groups is 2. The highest BCUT2D eigenvalue weighted by atomic mass is 19.1. The van der Waals surface area contributed by atoms with Gasteiger partial charge >= 0.3 is 0 Å². The van der Waals surface area contributed by atoms with Gasteiger partial charge in [0.2, 0.25) is 5.95 Å². The Kier molecular flexibility index (Phi) is 5.55. The molecule has 0 saturated carbocycles. The number of nitrogens with one attached hydrogen (secondary N) is 1. The standard InChI is InChI=1S/C19H22FN5O/c1-13-8-16(22-9-13)11-24-18(21-2)15-4-3-7-25(12-15)19(26)14-5-6-17(20)23-10-14/h5-6,8-10,15,22H,2-4,7,11-12H2,1H3/t15-/m0/s1. The van der Waals surface area contributed by atoms with Gasteiger partial charge in [0, 0.05) is 37.1 Å². The van der Waals surface area contributed by atoms with Crippen LogP contribution in [-0.2, 0) is 6.54 Å².